The summed E-state index contributed by atoms with van der Waals surface area (Å²) in [5.74, 6) is 0.812. The molecule has 0 spiro atoms. The van der Waals surface area contributed by atoms with Crippen LogP contribution in [0.25, 0.3) is 0 Å². The second-order valence-electron chi connectivity index (χ2n) is 6.54. The largest absolute Gasteiger partial charge is 0.386 e. The van der Waals surface area contributed by atoms with Crippen molar-refractivity contribution in [1.29, 1.82) is 0 Å². The highest BCUT2D eigenvalue weighted by Crippen LogP contribution is 2.38. The van der Waals surface area contributed by atoms with E-state index in [4.69, 9.17) is 0 Å². The second kappa shape index (κ2) is 7.07. The van der Waals surface area contributed by atoms with Gasteiger partial charge in [0.25, 0.3) is 0 Å². The second-order valence-corrected chi connectivity index (χ2v) is 7.39. The van der Waals surface area contributed by atoms with Gasteiger partial charge < -0.3 is 10.0 Å². The van der Waals surface area contributed by atoms with Gasteiger partial charge in [0.15, 0.2) is 0 Å². The number of halogens is 1. The summed E-state index contributed by atoms with van der Waals surface area (Å²) in [6.07, 6.45) is 5.65. The predicted molar refractivity (Wildman–Crippen MR) is 89.1 cm³/mol. The SMILES string of the molecule is CC1=CC(C)CC(C(O)c2c(Br)cnn2CCN(C)C)C1. The van der Waals surface area contributed by atoms with Crippen molar-refractivity contribution >= 4 is 15.9 Å². The van der Waals surface area contributed by atoms with Crippen molar-refractivity contribution in [2.45, 2.75) is 39.3 Å². The van der Waals surface area contributed by atoms with Gasteiger partial charge in [-0.3, -0.25) is 4.68 Å². The van der Waals surface area contributed by atoms with Gasteiger partial charge in [-0.15, -0.1) is 0 Å². The van der Waals surface area contributed by atoms with Crippen LogP contribution in [-0.2, 0) is 6.54 Å². The molecule has 1 aliphatic carbocycles. The standard InChI is InChI=1S/C16H26BrN3O/c1-11-7-12(2)9-13(8-11)16(21)15-14(17)10-18-20(15)6-5-19(3)4/h7,10-11,13,16,21H,5-6,8-9H2,1-4H3. The molecule has 0 bridgehead atoms. The quantitative estimate of drug-likeness (QED) is 0.824. The molecule has 0 saturated carbocycles. The van der Waals surface area contributed by atoms with Gasteiger partial charge in [-0.1, -0.05) is 18.6 Å². The third-order valence-electron chi connectivity index (χ3n) is 4.15. The molecule has 0 aromatic carbocycles. The van der Waals surface area contributed by atoms with Crippen LogP contribution in [0.3, 0.4) is 0 Å². The molecule has 0 saturated heterocycles. The molecule has 1 N–H and O–H groups in total. The summed E-state index contributed by atoms with van der Waals surface area (Å²) in [5.41, 5.74) is 2.30. The van der Waals surface area contributed by atoms with Crippen LogP contribution in [0.4, 0.5) is 0 Å². The smallest absolute Gasteiger partial charge is 0.0999 e. The lowest BCUT2D eigenvalue weighted by Crippen LogP contribution is -2.25. The summed E-state index contributed by atoms with van der Waals surface area (Å²) in [6.45, 7) is 6.09. The van der Waals surface area contributed by atoms with E-state index < -0.39 is 6.10 Å². The fourth-order valence-corrected chi connectivity index (χ4v) is 3.73. The van der Waals surface area contributed by atoms with E-state index in [0.29, 0.717) is 5.92 Å². The summed E-state index contributed by atoms with van der Waals surface area (Å²) in [6, 6.07) is 0. The molecule has 2 rings (SSSR count). The van der Waals surface area contributed by atoms with Crippen molar-refractivity contribution in [3.05, 3.63) is 28.0 Å². The first-order valence-electron chi connectivity index (χ1n) is 7.59. The molecule has 0 fully saturated rings. The Hall–Kier alpha value is -0.650. The Labute approximate surface area is 136 Å². The Morgan fingerprint density at radius 3 is 2.86 bits per heavy atom. The lowest BCUT2D eigenvalue weighted by molar-refractivity contribution is 0.0835. The van der Waals surface area contributed by atoms with Gasteiger partial charge in [0.05, 0.1) is 29.0 Å². The maximum atomic E-state index is 10.9. The maximum Gasteiger partial charge on any atom is 0.0999 e. The van der Waals surface area contributed by atoms with E-state index in [2.05, 4.69) is 45.9 Å². The molecule has 21 heavy (non-hydrogen) atoms. The van der Waals surface area contributed by atoms with E-state index in [9.17, 15) is 5.11 Å². The molecule has 1 heterocycles. The van der Waals surface area contributed by atoms with Gasteiger partial charge in [-0.25, -0.2) is 0 Å². The van der Waals surface area contributed by atoms with Crippen molar-refractivity contribution in [3.8, 4) is 0 Å². The van der Waals surface area contributed by atoms with E-state index >= 15 is 0 Å². The van der Waals surface area contributed by atoms with Crippen molar-refractivity contribution in [3.63, 3.8) is 0 Å². The summed E-state index contributed by atoms with van der Waals surface area (Å²) in [7, 11) is 4.09. The molecule has 1 aliphatic rings. The molecule has 1 aromatic heterocycles. The monoisotopic (exact) mass is 355 g/mol. The Kier molecular flexibility index (Phi) is 5.63. The number of allylic oxidation sites excluding steroid dienone is 2. The first kappa shape index (κ1) is 16.7. The Balaban J connectivity index is 2.17. The Morgan fingerprint density at radius 2 is 2.24 bits per heavy atom. The van der Waals surface area contributed by atoms with E-state index in [0.717, 1.165) is 36.1 Å². The average molecular weight is 356 g/mol. The fourth-order valence-electron chi connectivity index (χ4n) is 3.20. The summed E-state index contributed by atoms with van der Waals surface area (Å²) >= 11 is 3.55. The van der Waals surface area contributed by atoms with E-state index in [-0.39, 0.29) is 5.92 Å². The minimum Gasteiger partial charge on any atom is -0.386 e. The number of hydrogen-bond donors (Lipinski definition) is 1. The van der Waals surface area contributed by atoms with Crippen LogP contribution in [0.5, 0.6) is 0 Å². The third kappa shape index (κ3) is 4.18. The first-order chi connectivity index (χ1) is 9.88. The molecule has 0 aliphatic heterocycles. The van der Waals surface area contributed by atoms with Gasteiger partial charge in [0.2, 0.25) is 0 Å². The summed E-state index contributed by atoms with van der Waals surface area (Å²) in [5, 5.41) is 15.3. The molecule has 0 radical (unpaired) electrons. The molecule has 3 unspecified atom stereocenters. The minimum atomic E-state index is -0.463. The number of likely N-dealkylation sites (N-methyl/N-ethyl adjacent to an activating group) is 1. The molecular formula is C16H26BrN3O. The molecule has 118 valence electrons. The van der Waals surface area contributed by atoms with Crippen LogP contribution in [0.15, 0.2) is 22.3 Å². The predicted octanol–water partition coefficient (Wildman–Crippen LogP) is 3.23. The van der Waals surface area contributed by atoms with E-state index in [1.807, 2.05) is 18.8 Å². The topological polar surface area (TPSA) is 41.3 Å². The molecule has 5 heteroatoms. The van der Waals surface area contributed by atoms with Crippen LogP contribution < -0.4 is 0 Å². The van der Waals surface area contributed by atoms with Crippen molar-refractivity contribution in [1.82, 2.24) is 14.7 Å². The van der Waals surface area contributed by atoms with Crippen molar-refractivity contribution < 1.29 is 5.11 Å². The highest BCUT2D eigenvalue weighted by Gasteiger charge is 2.29. The van der Waals surface area contributed by atoms with E-state index in [1.54, 1.807) is 6.20 Å². The lowest BCUT2D eigenvalue weighted by atomic mass is 9.80. The van der Waals surface area contributed by atoms with Crippen LogP contribution in [-0.4, -0.2) is 40.4 Å². The van der Waals surface area contributed by atoms with Crippen molar-refractivity contribution in [2.24, 2.45) is 11.8 Å². The highest BCUT2D eigenvalue weighted by molar-refractivity contribution is 9.10. The Bertz CT molecular complexity index is 510. The zero-order valence-corrected chi connectivity index (χ0v) is 15.0. The van der Waals surface area contributed by atoms with Gasteiger partial charge in [0, 0.05) is 6.54 Å². The zero-order valence-electron chi connectivity index (χ0n) is 13.4. The molecule has 1 aromatic rings. The van der Waals surface area contributed by atoms with Crippen LogP contribution in [0, 0.1) is 11.8 Å². The van der Waals surface area contributed by atoms with Crippen LogP contribution in [0.1, 0.15) is 38.5 Å². The zero-order chi connectivity index (χ0) is 15.6. The van der Waals surface area contributed by atoms with Gasteiger partial charge in [0.1, 0.15) is 0 Å². The number of aliphatic hydroxyl groups is 1. The van der Waals surface area contributed by atoms with Gasteiger partial charge in [-0.05, 0) is 61.6 Å². The summed E-state index contributed by atoms with van der Waals surface area (Å²) in [4.78, 5) is 2.13. The number of aliphatic hydroxyl groups excluding tert-OH is 1. The number of hydrogen-bond acceptors (Lipinski definition) is 3. The molecule has 4 nitrogen and oxygen atoms in total. The van der Waals surface area contributed by atoms with Crippen molar-refractivity contribution in [2.75, 3.05) is 20.6 Å². The molecule has 3 atom stereocenters. The fraction of sp³-hybridized carbons (Fsp3) is 0.688. The van der Waals surface area contributed by atoms with Gasteiger partial charge >= 0.3 is 0 Å². The first-order valence-corrected chi connectivity index (χ1v) is 8.39. The van der Waals surface area contributed by atoms with Gasteiger partial charge in [-0.2, -0.15) is 5.10 Å². The number of aromatic nitrogens is 2. The average Bonchev–Trinajstić information content (AvgIpc) is 2.75. The highest BCUT2D eigenvalue weighted by atomic mass is 79.9. The normalized spacial score (nSPS) is 24.2. The molecule has 0 amide bonds. The van der Waals surface area contributed by atoms with Crippen LogP contribution >= 0.6 is 15.9 Å². The summed E-state index contributed by atoms with van der Waals surface area (Å²) < 4.78 is 2.85. The van der Waals surface area contributed by atoms with Crippen LogP contribution in [0.2, 0.25) is 0 Å². The maximum absolute atomic E-state index is 10.9. The van der Waals surface area contributed by atoms with E-state index in [1.165, 1.54) is 5.57 Å². The minimum absolute atomic E-state index is 0.274. The number of nitrogens with zero attached hydrogens (tertiary/aromatic N) is 3. The Morgan fingerprint density at radius 1 is 1.52 bits per heavy atom. The third-order valence-corrected chi connectivity index (χ3v) is 4.76. The molecular weight excluding hydrogens is 330 g/mol. The lowest BCUT2D eigenvalue weighted by Gasteiger charge is -2.30. The number of rotatable bonds is 5.